The molecule has 0 aliphatic carbocycles. The summed E-state index contributed by atoms with van der Waals surface area (Å²) < 4.78 is 2.34. The first-order valence-corrected chi connectivity index (χ1v) is 13.4. The van der Waals surface area contributed by atoms with Crippen molar-refractivity contribution in [2.75, 3.05) is 5.73 Å². The van der Waals surface area contributed by atoms with E-state index in [4.69, 9.17) is 10.7 Å². The molecule has 3 N–H and O–H groups in total. The summed E-state index contributed by atoms with van der Waals surface area (Å²) >= 11 is 0. The van der Waals surface area contributed by atoms with Crippen molar-refractivity contribution in [2.24, 2.45) is 0 Å². The molecular weight excluding hydrogens is 364 g/mol. The molecule has 0 saturated heterocycles. The highest BCUT2D eigenvalue weighted by Gasteiger charge is 2.37. The lowest BCUT2D eigenvalue weighted by Gasteiger charge is -2.35. The number of nitrogens with two attached hydrogens (primary N) is 1. The summed E-state index contributed by atoms with van der Waals surface area (Å²) in [7, 11) is -2.12. The zero-order valence-corrected chi connectivity index (χ0v) is 18.9. The third-order valence-electron chi connectivity index (χ3n) is 6.35. The van der Waals surface area contributed by atoms with E-state index in [9.17, 15) is 4.80 Å². The number of anilines is 1. The average Bonchev–Trinajstić information content (AvgIpc) is 3.00. The van der Waals surface area contributed by atoms with Gasteiger partial charge in [0.15, 0.2) is 14.1 Å². The molecule has 3 aromatic rings. The van der Waals surface area contributed by atoms with Gasteiger partial charge in [0.25, 0.3) is 0 Å². The molecule has 0 fully saturated rings. The van der Waals surface area contributed by atoms with E-state index in [-0.39, 0.29) is 5.04 Å². The van der Waals surface area contributed by atoms with Gasteiger partial charge >= 0.3 is 0 Å². The van der Waals surface area contributed by atoms with Gasteiger partial charge in [-0.3, -0.25) is 0 Å². The Morgan fingerprint density at radius 1 is 1.11 bits per heavy atom. The number of pyridine rings is 1. The Labute approximate surface area is 169 Å². The number of nitrogens with zero attached hydrogens (tertiary/aromatic N) is 3. The van der Waals surface area contributed by atoms with Gasteiger partial charge in [-0.2, -0.15) is 0 Å². The summed E-state index contributed by atoms with van der Waals surface area (Å²) in [6.45, 7) is 11.6. The van der Waals surface area contributed by atoms with Gasteiger partial charge < -0.3 is 15.1 Å². The molecule has 0 amide bonds. The van der Waals surface area contributed by atoms with Crippen molar-refractivity contribution in [3.05, 3.63) is 30.1 Å². The number of hydrogen-bond acceptors (Lipinski definition) is 4. The molecule has 0 bridgehead atoms. The maximum absolute atomic E-state index is 10.5. The molecule has 1 aromatic carbocycles. The predicted molar refractivity (Wildman–Crippen MR) is 121 cm³/mol. The van der Waals surface area contributed by atoms with Crippen LogP contribution >= 0.6 is 0 Å². The van der Waals surface area contributed by atoms with Gasteiger partial charge in [-0.05, 0) is 37.0 Å². The second kappa shape index (κ2) is 7.83. The second-order valence-corrected chi connectivity index (χ2v) is 13.5. The lowest BCUT2D eigenvalue weighted by atomic mass is 10.0. The van der Waals surface area contributed by atoms with Crippen LogP contribution in [0.5, 0.6) is 0 Å². The van der Waals surface area contributed by atoms with Crippen LogP contribution in [0, 0.1) is 0 Å². The van der Waals surface area contributed by atoms with E-state index in [1.807, 2.05) is 31.3 Å². The molecule has 0 atom stereocenters. The van der Waals surface area contributed by atoms with Crippen LogP contribution in [0.1, 0.15) is 52.3 Å². The van der Waals surface area contributed by atoms with E-state index in [1.165, 1.54) is 0 Å². The summed E-state index contributed by atoms with van der Waals surface area (Å²) in [5.74, 6) is 1.59. The minimum Gasteiger partial charge on any atom is -0.432 e. The highest BCUT2D eigenvalue weighted by atomic mass is 28.4. The zero-order chi connectivity index (χ0) is 20.5. The minimum absolute atomic E-state index is 0.0552. The number of hydrogen-bond donors (Lipinski definition) is 2. The smallest absolute Gasteiger partial charge is 0.188 e. The highest BCUT2D eigenvalue weighted by Crippen LogP contribution is 2.40. The van der Waals surface area contributed by atoms with Gasteiger partial charge in [0.05, 0.1) is 11.0 Å². The summed E-state index contributed by atoms with van der Waals surface area (Å²) in [4.78, 5) is 19.8. The van der Waals surface area contributed by atoms with Crippen LogP contribution in [0.15, 0.2) is 24.3 Å². The molecule has 28 heavy (non-hydrogen) atoms. The Morgan fingerprint density at radius 3 is 2.50 bits per heavy atom. The molecule has 5 nitrogen and oxygen atoms in total. The molecule has 3 rings (SSSR count). The fourth-order valence-corrected chi connectivity index (χ4v) is 4.52. The monoisotopic (exact) mass is 398 g/mol. The Bertz CT molecular complexity index is 972. The van der Waals surface area contributed by atoms with Crippen LogP contribution in [0.3, 0.4) is 0 Å². The van der Waals surface area contributed by atoms with Crippen molar-refractivity contribution >= 4 is 36.1 Å². The maximum Gasteiger partial charge on any atom is 0.188 e. The average molecular weight is 399 g/mol. The van der Waals surface area contributed by atoms with E-state index in [0.29, 0.717) is 5.82 Å². The van der Waals surface area contributed by atoms with Crippen molar-refractivity contribution in [1.29, 1.82) is 0 Å². The molecule has 0 unspecified atom stereocenters. The Kier molecular flexibility index (Phi) is 5.82. The number of nitrogen functional groups attached to an aromatic ring is 1. The lowest BCUT2D eigenvalue weighted by molar-refractivity contribution is 0.432. The van der Waals surface area contributed by atoms with Crippen LogP contribution in [0.4, 0.5) is 5.82 Å². The van der Waals surface area contributed by atoms with E-state index in [2.05, 4.69) is 36.4 Å². The van der Waals surface area contributed by atoms with Crippen molar-refractivity contribution in [3.8, 4) is 0 Å². The first-order valence-electron chi connectivity index (χ1n) is 10.4. The zero-order valence-electron chi connectivity index (χ0n) is 17.9. The first-order chi connectivity index (χ1) is 13.2. The first kappa shape index (κ1) is 20.8. The number of fused-ring (bicyclic) bond motifs is 3. The van der Waals surface area contributed by atoms with Gasteiger partial charge in [-0.25, -0.2) is 9.97 Å². The molecule has 0 aliphatic rings. The van der Waals surface area contributed by atoms with Crippen molar-refractivity contribution < 1.29 is 4.80 Å². The quantitative estimate of drug-likeness (QED) is 0.400. The normalized spacial score (nSPS) is 12.9. The van der Waals surface area contributed by atoms with E-state index >= 15 is 0 Å². The van der Waals surface area contributed by atoms with E-state index in [1.54, 1.807) is 0 Å². The molecule has 0 aliphatic heterocycles. The standard InChI is InChI=1S/C22H34N4OSi/c1-6-18-25-19-20(16-12-8-9-13-17(16)24-21(19)23)26(18)15-11-7-10-14-22(2,3)28(4,5)27/h8-9,12-13,27H,6-7,10-11,14-15H2,1-5H3,(H2,23,24). The predicted octanol–water partition coefficient (Wildman–Crippen LogP) is 5.27. The largest absolute Gasteiger partial charge is 0.432 e. The lowest BCUT2D eigenvalue weighted by Crippen LogP contribution is -2.38. The summed E-state index contributed by atoms with van der Waals surface area (Å²) in [6.07, 6.45) is 5.34. The number of rotatable bonds is 8. The van der Waals surface area contributed by atoms with Gasteiger partial charge in [0, 0.05) is 18.4 Å². The molecule has 2 aromatic heterocycles. The van der Waals surface area contributed by atoms with Gasteiger partial charge in [0.1, 0.15) is 11.3 Å². The third-order valence-corrected chi connectivity index (χ3v) is 9.91. The number of aromatic nitrogens is 3. The highest BCUT2D eigenvalue weighted by molar-refractivity contribution is 6.72. The second-order valence-electron chi connectivity index (χ2n) is 9.00. The van der Waals surface area contributed by atoms with Gasteiger partial charge in [0.2, 0.25) is 0 Å². The summed E-state index contributed by atoms with van der Waals surface area (Å²) in [6, 6.07) is 8.16. The fraction of sp³-hybridized carbons (Fsp3) is 0.545. The van der Waals surface area contributed by atoms with Crippen LogP contribution in [0.25, 0.3) is 21.9 Å². The Balaban J connectivity index is 1.80. The van der Waals surface area contributed by atoms with E-state index in [0.717, 1.165) is 66.4 Å². The minimum atomic E-state index is -2.12. The topological polar surface area (TPSA) is 77.0 Å². The molecule has 0 saturated carbocycles. The molecule has 2 heterocycles. The van der Waals surface area contributed by atoms with Crippen molar-refractivity contribution in [1.82, 2.24) is 14.5 Å². The van der Waals surface area contributed by atoms with Crippen LogP contribution in [-0.4, -0.2) is 27.6 Å². The molecule has 0 spiro atoms. The maximum atomic E-state index is 10.5. The van der Waals surface area contributed by atoms with Crippen molar-refractivity contribution in [3.63, 3.8) is 0 Å². The third kappa shape index (κ3) is 3.94. The van der Waals surface area contributed by atoms with Crippen LogP contribution < -0.4 is 5.73 Å². The number of imidazole rings is 1. The van der Waals surface area contributed by atoms with Gasteiger partial charge in [-0.15, -0.1) is 0 Å². The number of para-hydroxylation sites is 1. The molecule has 0 radical (unpaired) electrons. The molecular formula is C22H34N4OSi. The SMILES string of the molecule is CCc1nc2c(N)nc3ccccc3c2n1CCCCCC(C)(C)[Si](C)(C)O. The Morgan fingerprint density at radius 2 is 1.82 bits per heavy atom. The summed E-state index contributed by atoms with van der Waals surface area (Å²) in [5, 5.41) is 1.17. The molecule has 6 heteroatoms. The summed E-state index contributed by atoms with van der Waals surface area (Å²) in [5.41, 5.74) is 9.08. The molecule has 152 valence electrons. The number of benzene rings is 1. The number of aryl methyl sites for hydroxylation is 2. The van der Waals surface area contributed by atoms with E-state index < -0.39 is 8.32 Å². The Hall–Kier alpha value is -1.92. The van der Waals surface area contributed by atoms with Crippen molar-refractivity contribution in [2.45, 2.75) is 77.6 Å². The fourth-order valence-electron chi connectivity index (χ4n) is 3.74. The number of unbranched alkanes of at least 4 members (excludes halogenated alkanes) is 2. The van der Waals surface area contributed by atoms with Crippen LogP contribution in [0.2, 0.25) is 18.1 Å². The van der Waals surface area contributed by atoms with Gasteiger partial charge in [-0.1, -0.05) is 51.8 Å². The van der Waals surface area contributed by atoms with Crippen LogP contribution in [-0.2, 0) is 13.0 Å².